The first-order valence-electron chi connectivity index (χ1n) is 2.79. The van der Waals surface area contributed by atoms with Crippen LogP contribution in [0.15, 0.2) is 36.1 Å². The molecule has 0 spiro atoms. The van der Waals surface area contributed by atoms with Crippen LogP contribution in [0.2, 0.25) is 0 Å². The summed E-state index contributed by atoms with van der Waals surface area (Å²) in [6.07, 6.45) is 7.67. The van der Waals surface area contributed by atoms with E-state index in [2.05, 4.69) is 6.58 Å². The Morgan fingerprint density at radius 1 is 1.36 bits per heavy atom. The number of hydrogen-bond donors (Lipinski definition) is 0. The molecule has 0 fully saturated rings. The molecule has 3 heteroatoms. The number of hydrogen-bond acceptors (Lipinski definition) is 1. The van der Waals surface area contributed by atoms with Gasteiger partial charge in [0.2, 0.25) is 0 Å². The van der Waals surface area contributed by atoms with Gasteiger partial charge in [-0.15, -0.1) is 0 Å². The summed E-state index contributed by atoms with van der Waals surface area (Å²) in [7, 11) is 1.64. The summed E-state index contributed by atoms with van der Waals surface area (Å²) in [5.41, 5.74) is 0.931. The second-order valence-corrected chi connectivity index (χ2v) is 1.81. The molecular formula is C8H9ClOZn-. The minimum Gasteiger partial charge on any atom is -1.00 e. The second kappa shape index (κ2) is 6.63. The molecule has 1 nitrogen and oxygen atoms in total. The molecule has 0 saturated carbocycles. The quantitative estimate of drug-likeness (QED) is 0.509. The number of allylic oxidation sites excluding steroid dienone is 4. The van der Waals surface area contributed by atoms with Crippen LogP contribution >= 0.6 is 0 Å². The fourth-order valence-corrected chi connectivity index (χ4v) is 0.703. The van der Waals surface area contributed by atoms with Crippen LogP contribution in [0.1, 0.15) is 0 Å². The zero-order chi connectivity index (χ0) is 6.69. The van der Waals surface area contributed by atoms with Gasteiger partial charge in [-0.1, -0.05) is 18.7 Å². The minimum absolute atomic E-state index is 0. The van der Waals surface area contributed by atoms with E-state index >= 15 is 0 Å². The van der Waals surface area contributed by atoms with Gasteiger partial charge in [0, 0.05) is 25.9 Å². The largest absolute Gasteiger partial charge is 1.00 e. The molecule has 1 aliphatic carbocycles. The van der Waals surface area contributed by atoms with E-state index in [1.807, 2.05) is 24.6 Å². The van der Waals surface area contributed by atoms with Crippen LogP contribution in [0.4, 0.5) is 0 Å². The van der Waals surface area contributed by atoms with E-state index in [0.717, 1.165) is 11.3 Å². The number of halogens is 1. The third-order valence-corrected chi connectivity index (χ3v) is 1.19. The smallest absolute Gasteiger partial charge is 0.122 e. The first kappa shape index (κ1) is 13.5. The Bertz CT molecular complexity index is 185. The Morgan fingerprint density at radius 3 is 2.36 bits per heavy atom. The average Bonchev–Trinajstić information content (AvgIpc) is 1.89. The topological polar surface area (TPSA) is 9.23 Å². The molecule has 11 heavy (non-hydrogen) atoms. The molecule has 0 aromatic rings. The molecule has 0 aromatic heterocycles. The molecule has 0 aliphatic heterocycles. The van der Waals surface area contributed by atoms with Gasteiger partial charge in [0.15, 0.2) is 0 Å². The average molecular weight is 222 g/mol. The SMILES string of the molecule is C=C1[CH]C=CC=C1OC.[Cl-].[Zn]. The fourth-order valence-electron chi connectivity index (χ4n) is 0.703. The Hall–Kier alpha value is -0.0666. The van der Waals surface area contributed by atoms with Crippen molar-refractivity contribution in [2.45, 2.75) is 0 Å². The summed E-state index contributed by atoms with van der Waals surface area (Å²) >= 11 is 0. The van der Waals surface area contributed by atoms with Gasteiger partial charge in [0.05, 0.1) is 7.11 Å². The van der Waals surface area contributed by atoms with Crippen molar-refractivity contribution < 1.29 is 36.6 Å². The summed E-state index contributed by atoms with van der Waals surface area (Å²) in [6, 6.07) is 0. The summed E-state index contributed by atoms with van der Waals surface area (Å²) in [5, 5.41) is 0. The van der Waals surface area contributed by atoms with Gasteiger partial charge >= 0.3 is 0 Å². The minimum atomic E-state index is 0. The van der Waals surface area contributed by atoms with E-state index in [1.165, 1.54) is 0 Å². The molecule has 1 rings (SSSR count). The second-order valence-electron chi connectivity index (χ2n) is 1.81. The van der Waals surface area contributed by atoms with Crippen molar-refractivity contribution in [2.24, 2.45) is 0 Å². The Labute approximate surface area is 86.4 Å². The van der Waals surface area contributed by atoms with Crippen molar-refractivity contribution in [3.05, 3.63) is 42.6 Å². The summed E-state index contributed by atoms with van der Waals surface area (Å²) in [6.45, 7) is 3.77. The zero-order valence-corrected chi connectivity index (χ0v) is 10.2. The standard InChI is InChI=1S/C8H9O.ClH.Zn/c1-7-5-3-4-6-8(7)9-2;;/h3-6H,1H2,2H3;1H;/p-1. The van der Waals surface area contributed by atoms with E-state index in [-0.39, 0.29) is 31.9 Å². The molecule has 0 saturated heterocycles. The van der Waals surface area contributed by atoms with E-state index in [1.54, 1.807) is 7.11 Å². The predicted molar refractivity (Wildman–Crippen MR) is 37.7 cm³/mol. The Balaban J connectivity index is 0. The number of ether oxygens (including phenoxy) is 1. The molecule has 0 atom stereocenters. The van der Waals surface area contributed by atoms with Crippen LogP contribution in [0.3, 0.4) is 0 Å². The van der Waals surface area contributed by atoms with Crippen LogP contribution in [0.25, 0.3) is 0 Å². The molecule has 57 valence electrons. The maximum Gasteiger partial charge on any atom is 0.122 e. The molecule has 0 N–H and O–H groups in total. The first-order valence-corrected chi connectivity index (χ1v) is 2.79. The molecule has 1 aliphatic rings. The first-order chi connectivity index (χ1) is 4.34. The third kappa shape index (κ3) is 3.74. The predicted octanol–water partition coefficient (Wildman–Crippen LogP) is -1.15. The summed E-state index contributed by atoms with van der Waals surface area (Å²) in [5.74, 6) is 0.845. The molecule has 0 unspecified atom stereocenters. The van der Waals surface area contributed by atoms with Gasteiger partial charge in [-0.25, -0.2) is 0 Å². The maximum atomic E-state index is 4.98. The summed E-state index contributed by atoms with van der Waals surface area (Å²) < 4.78 is 4.98. The van der Waals surface area contributed by atoms with E-state index in [4.69, 9.17) is 4.74 Å². The zero-order valence-electron chi connectivity index (χ0n) is 6.51. The third-order valence-electron chi connectivity index (χ3n) is 1.19. The molecule has 0 heterocycles. The monoisotopic (exact) mass is 220 g/mol. The van der Waals surface area contributed by atoms with Crippen molar-refractivity contribution in [1.82, 2.24) is 0 Å². The molecule has 0 bridgehead atoms. The van der Waals surface area contributed by atoms with E-state index < -0.39 is 0 Å². The Morgan fingerprint density at radius 2 is 2.00 bits per heavy atom. The van der Waals surface area contributed by atoms with Gasteiger partial charge in [-0.2, -0.15) is 0 Å². The van der Waals surface area contributed by atoms with Gasteiger partial charge in [0.25, 0.3) is 0 Å². The maximum absolute atomic E-state index is 4.98. The molecule has 0 aromatic carbocycles. The molecular weight excluding hydrogens is 213 g/mol. The summed E-state index contributed by atoms with van der Waals surface area (Å²) in [4.78, 5) is 0. The van der Waals surface area contributed by atoms with Crippen molar-refractivity contribution in [3.63, 3.8) is 0 Å². The fraction of sp³-hybridized carbons (Fsp3) is 0.125. The van der Waals surface area contributed by atoms with Crippen molar-refractivity contribution in [3.8, 4) is 0 Å². The van der Waals surface area contributed by atoms with Crippen LogP contribution in [0.5, 0.6) is 0 Å². The van der Waals surface area contributed by atoms with Gasteiger partial charge in [0.1, 0.15) is 5.76 Å². The molecule has 0 amide bonds. The van der Waals surface area contributed by atoms with E-state index in [9.17, 15) is 0 Å². The Kier molecular flexibility index (Phi) is 8.15. The van der Waals surface area contributed by atoms with Crippen LogP contribution in [-0.4, -0.2) is 7.11 Å². The normalized spacial score (nSPS) is 14.3. The van der Waals surface area contributed by atoms with Crippen molar-refractivity contribution in [2.75, 3.05) is 7.11 Å². The van der Waals surface area contributed by atoms with Gasteiger partial charge < -0.3 is 17.1 Å². The van der Waals surface area contributed by atoms with Gasteiger partial charge in [-0.3, -0.25) is 0 Å². The number of rotatable bonds is 1. The van der Waals surface area contributed by atoms with Gasteiger partial charge in [-0.05, 0) is 11.6 Å². The van der Waals surface area contributed by atoms with Crippen LogP contribution in [0, 0.1) is 6.42 Å². The van der Waals surface area contributed by atoms with E-state index in [0.29, 0.717) is 0 Å². The van der Waals surface area contributed by atoms with Crippen molar-refractivity contribution >= 4 is 0 Å². The number of methoxy groups -OCH3 is 1. The molecule has 1 radical (unpaired) electrons. The van der Waals surface area contributed by atoms with Crippen LogP contribution < -0.4 is 12.4 Å². The van der Waals surface area contributed by atoms with Crippen LogP contribution in [-0.2, 0) is 24.2 Å². The van der Waals surface area contributed by atoms with Crippen molar-refractivity contribution in [1.29, 1.82) is 0 Å².